The second-order valence-corrected chi connectivity index (χ2v) is 9.41. The lowest BCUT2D eigenvalue weighted by atomic mass is 9.98. The van der Waals surface area contributed by atoms with Crippen LogP contribution in [-0.4, -0.2) is 63.6 Å². The summed E-state index contributed by atoms with van der Waals surface area (Å²) in [6, 6.07) is 8.26. The number of guanidine groups is 1. The Morgan fingerprint density at radius 2 is 1.88 bits per heavy atom. The number of nitrogens with zero attached hydrogens (tertiary/aromatic N) is 3. The van der Waals surface area contributed by atoms with Gasteiger partial charge in [-0.25, -0.2) is 12.7 Å². The van der Waals surface area contributed by atoms with Crippen LogP contribution in [0, 0.1) is 5.92 Å². The lowest BCUT2D eigenvalue weighted by Crippen LogP contribution is -2.44. The largest absolute Gasteiger partial charge is 0.356 e. The molecule has 0 spiro atoms. The van der Waals surface area contributed by atoms with E-state index in [0.29, 0.717) is 19.0 Å². The molecule has 0 radical (unpaired) electrons. The first kappa shape index (κ1) is 23.6. The lowest BCUT2D eigenvalue weighted by molar-refractivity contribution is 0.273. The summed E-state index contributed by atoms with van der Waals surface area (Å²) < 4.78 is 25.8. The highest BCUT2D eigenvalue weighted by Crippen LogP contribution is 2.18. The van der Waals surface area contributed by atoms with Crippen molar-refractivity contribution >= 4 is 55.9 Å². The Balaban J connectivity index is 0.00000338. The standard InChI is InChI=1S/C17H27BrN4O2S.HI/c1-19-17(21(2)13-15-4-6-16(18)7-5-15)20-12-14-8-10-22(11-9-14)25(3,23)24;/h4-7,14H,8-13H2,1-3H3,(H,19,20);1H. The molecule has 1 aromatic rings. The van der Waals surface area contributed by atoms with E-state index < -0.39 is 10.0 Å². The van der Waals surface area contributed by atoms with Gasteiger partial charge < -0.3 is 10.2 Å². The second-order valence-electron chi connectivity index (χ2n) is 6.52. The Bertz CT molecular complexity index is 689. The van der Waals surface area contributed by atoms with Gasteiger partial charge in [0.05, 0.1) is 6.26 Å². The number of rotatable bonds is 5. The van der Waals surface area contributed by atoms with Crippen LogP contribution in [-0.2, 0) is 16.6 Å². The molecule has 6 nitrogen and oxygen atoms in total. The van der Waals surface area contributed by atoms with Gasteiger partial charge in [-0.1, -0.05) is 28.1 Å². The maximum Gasteiger partial charge on any atom is 0.211 e. The zero-order chi connectivity index (χ0) is 18.4. The zero-order valence-electron chi connectivity index (χ0n) is 15.5. The van der Waals surface area contributed by atoms with Gasteiger partial charge in [0.2, 0.25) is 10.0 Å². The number of halogens is 2. The first-order valence-electron chi connectivity index (χ1n) is 8.41. The van der Waals surface area contributed by atoms with Crippen LogP contribution >= 0.6 is 39.9 Å². The maximum atomic E-state index is 11.6. The van der Waals surface area contributed by atoms with Crippen LogP contribution < -0.4 is 5.32 Å². The predicted molar refractivity (Wildman–Crippen MR) is 122 cm³/mol. The fourth-order valence-corrected chi connectivity index (χ4v) is 4.14. The molecular formula is C17H28BrIN4O2S. The van der Waals surface area contributed by atoms with Crippen molar-refractivity contribution in [1.82, 2.24) is 14.5 Å². The van der Waals surface area contributed by atoms with Gasteiger partial charge in [0.1, 0.15) is 0 Å². The molecule has 1 aliphatic heterocycles. The first-order valence-corrected chi connectivity index (χ1v) is 11.0. The van der Waals surface area contributed by atoms with Crippen LogP contribution in [0.4, 0.5) is 0 Å². The molecule has 1 aromatic carbocycles. The van der Waals surface area contributed by atoms with Crippen LogP contribution in [0.1, 0.15) is 18.4 Å². The molecule has 148 valence electrons. The molecular weight excluding hydrogens is 531 g/mol. The molecule has 9 heteroatoms. The van der Waals surface area contributed by atoms with Crippen molar-refractivity contribution in [2.75, 3.05) is 40.0 Å². The van der Waals surface area contributed by atoms with E-state index in [1.54, 1.807) is 11.4 Å². The summed E-state index contributed by atoms with van der Waals surface area (Å²) in [5.74, 6) is 1.32. The van der Waals surface area contributed by atoms with Crippen molar-refractivity contribution in [3.05, 3.63) is 34.3 Å². The lowest BCUT2D eigenvalue weighted by Gasteiger charge is -2.31. The van der Waals surface area contributed by atoms with Crippen molar-refractivity contribution in [3.63, 3.8) is 0 Å². The van der Waals surface area contributed by atoms with Crippen LogP contribution in [0.2, 0.25) is 0 Å². The summed E-state index contributed by atoms with van der Waals surface area (Å²) in [7, 11) is 0.743. The minimum Gasteiger partial charge on any atom is -0.356 e. The molecule has 0 saturated carbocycles. The smallest absolute Gasteiger partial charge is 0.211 e. The summed E-state index contributed by atoms with van der Waals surface area (Å²) in [6.45, 7) is 2.81. The summed E-state index contributed by atoms with van der Waals surface area (Å²) in [5.41, 5.74) is 1.22. The number of nitrogens with one attached hydrogen (secondary N) is 1. The van der Waals surface area contributed by atoms with Crippen LogP contribution in [0.15, 0.2) is 33.7 Å². The number of hydrogen-bond donors (Lipinski definition) is 1. The summed E-state index contributed by atoms with van der Waals surface area (Å²) in [6.07, 6.45) is 3.05. The van der Waals surface area contributed by atoms with E-state index in [9.17, 15) is 8.42 Å². The monoisotopic (exact) mass is 558 g/mol. The number of hydrogen-bond acceptors (Lipinski definition) is 3. The number of piperidine rings is 1. The Labute approximate surface area is 182 Å². The minimum atomic E-state index is -3.06. The van der Waals surface area contributed by atoms with E-state index in [0.717, 1.165) is 36.4 Å². The number of benzene rings is 1. The molecule has 0 aromatic heterocycles. The third-order valence-electron chi connectivity index (χ3n) is 4.50. The van der Waals surface area contributed by atoms with Gasteiger partial charge in [-0.2, -0.15) is 0 Å². The Kier molecular flexibility index (Phi) is 9.84. The zero-order valence-corrected chi connectivity index (χ0v) is 20.2. The number of aliphatic imine (C=N–C) groups is 1. The molecule has 0 atom stereocenters. The molecule has 0 amide bonds. The van der Waals surface area contributed by atoms with Crippen molar-refractivity contribution in [2.24, 2.45) is 10.9 Å². The Morgan fingerprint density at radius 3 is 2.38 bits per heavy atom. The number of sulfonamides is 1. The molecule has 2 rings (SSSR count). The molecule has 1 N–H and O–H groups in total. The highest BCUT2D eigenvalue weighted by Gasteiger charge is 2.25. The predicted octanol–water partition coefficient (Wildman–Crippen LogP) is 2.75. The van der Waals surface area contributed by atoms with Gasteiger partial charge >= 0.3 is 0 Å². The van der Waals surface area contributed by atoms with Gasteiger partial charge in [0.15, 0.2) is 5.96 Å². The van der Waals surface area contributed by atoms with E-state index in [1.165, 1.54) is 11.8 Å². The summed E-state index contributed by atoms with van der Waals surface area (Å²) >= 11 is 3.45. The topological polar surface area (TPSA) is 65.0 Å². The Hall–Kier alpha value is -0.390. The van der Waals surface area contributed by atoms with Gasteiger partial charge in [-0.05, 0) is 36.5 Å². The normalized spacial score (nSPS) is 16.8. The van der Waals surface area contributed by atoms with Gasteiger partial charge in [-0.3, -0.25) is 4.99 Å². The van der Waals surface area contributed by atoms with Crippen molar-refractivity contribution in [2.45, 2.75) is 19.4 Å². The van der Waals surface area contributed by atoms with E-state index >= 15 is 0 Å². The highest BCUT2D eigenvalue weighted by molar-refractivity contribution is 14.0. The molecule has 1 fully saturated rings. The minimum absolute atomic E-state index is 0. The first-order chi connectivity index (χ1) is 11.8. The van der Waals surface area contributed by atoms with Crippen LogP contribution in [0.3, 0.4) is 0 Å². The molecule has 0 aliphatic carbocycles. The molecule has 26 heavy (non-hydrogen) atoms. The fraction of sp³-hybridized carbons (Fsp3) is 0.588. The van der Waals surface area contributed by atoms with Gasteiger partial charge in [0.25, 0.3) is 0 Å². The third kappa shape index (κ3) is 7.32. The quantitative estimate of drug-likeness (QED) is 0.343. The highest BCUT2D eigenvalue weighted by atomic mass is 127. The summed E-state index contributed by atoms with van der Waals surface area (Å²) in [4.78, 5) is 6.45. The molecule has 0 unspecified atom stereocenters. The maximum absolute atomic E-state index is 11.6. The molecule has 1 saturated heterocycles. The molecule has 0 bridgehead atoms. The molecule has 1 heterocycles. The van der Waals surface area contributed by atoms with Crippen LogP contribution in [0.25, 0.3) is 0 Å². The van der Waals surface area contributed by atoms with Crippen molar-refractivity contribution in [1.29, 1.82) is 0 Å². The van der Waals surface area contributed by atoms with E-state index in [1.807, 2.05) is 19.2 Å². The van der Waals surface area contributed by atoms with Gasteiger partial charge in [0, 0.05) is 44.7 Å². The second kappa shape index (κ2) is 10.8. The summed E-state index contributed by atoms with van der Waals surface area (Å²) in [5, 5.41) is 3.42. The van der Waals surface area contributed by atoms with E-state index in [2.05, 4.69) is 43.3 Å². The Morgan fingerprint density at radius 1 is 1.31 bits per heavy atom. The van der Waals surface area contributed by atoms with E-state index in [-0.39, 0.29) is 24.0 Å². The molecule has 1 aliphatic rings. The average Bonchev–Trinajstić information content (AvgIpc) is 2.57. The van der Waals surface area contributed by atoms with Crippen LogP contribution in [0.5, 0.6) is 0 Å². The SMILES string of the molecule is CN=C(NCC1CCN(S(C)(=O)=O)CC1)N(C)Cc1ccc(Br)cc1.I. The van der Waals surface area contributed by atoms with Crippen molar-refractivity contribution < 1.29 is 8.42 Å². The average molecular weight is 559 g/mol. The van der Waals surface area contributed by atoms with E-state index in [4.69, 9.17) is 0 Å². The van der Waals surface area contributed by atoms with Gasteiger partial charge in [-0.15, -0.1) is 24.0 Å². The third-order valence-corrected chi connectivity index (χ3v) is 6.33. The fourth-order valence-electron chi connectivity index (χ4n) is 3.00. The van der Waals surface area contributed by atoms with Crippen molar-refractivity contribution in [3.8, 4) is 0 Å².